The Balaban J connectivity index is 1.20. The van der Waals surface area contributed by atoms with Gasteiger partial charge in [-0.05, 0) is 55.5 Å². The van der Waals surface area contributed by atoms with Gasteiger partial charge < -0.3 is 10.1 Å². The number of nitrogens with one attached hydrogen (secondary N) is 2. The van der Waals surface area contributed by atoms with E-state index in [-0.39, 0.29) is 5.91 Å². The second-order valence-electron chi connectivity index (χ2n) is 8.87. The van der Waals surface area contributed by atoms with Gasteiger partial charge in [0.05, 0.1) is 11.9 Å². The molecule has 0 fully saturated rings. The molecule has 0 saturated carbocycles. The van der Waals surface area contributed by atoms with E-state index in [1.807, 2.05) is 72.1 Å². The average molecular weight is 632 g/mol. The Morgan fingerprint density at radius 2 is 1.82 bits per heavy atom. The van der Waals surface area contributed by atoms with E-state index in [1.54, 1.807) is 18.3 Å². The lowest BCUT2D eigenvalue weighted by Crippen LogP contribution is -2.17. The van der Waals surface area contributed by atoms with E-state index in [4.69, 9.17) is 16.3 Å². The van der Waals surface area contributed by atoms with Crippen molar-refractivity contribution in [3.63, 3.8) is 0 Å². The molecule has 0 aliphatic heterocycles. The molecule has 9 heteroatoms. The van der Waals surface area contributed by atoms with E-state index >= 15 is 0 Å². The molecule has 0 aliphatic carbocycles. The Hall–Kier alpha value is -3.98. The topological polar surface area (TPSA) is 75.6 Å². The van der Waals surface area contributed by atoms with Crippen LogP contribution in [0.3, 0.4) is 0 Å². The van der Waals surface area contributed by atoms with Crippen LogP contribution >= 0.6 is 38.9 Å². The van der Waals surface area contributed by atoms with Crippen molar-refractivity contribution in [1.29, 1.82) is 0 Å². The normalized spacial score (nSPS) is 11.0. The molecule has 200 valence electrons. The maximum absolute atomic E-state index is 12.7. The fourth-order valence-corrected chi connectivity index (χ4v) is 5.07. The highest BCUT2D eigenvalue weighted by atomic mass is 79.9. The Morgan fingerprint density at radius 1 is 1.05 bits per heavy atom. The molecular formula is C31H24BrClN4O2S. The van der Waals surface area contributed by atoms with Crippen LogP contribution < -0.4 is 15.5 Å². The summed E-state index contributed by atoms with van der Waals surface area (Å²) in [6, 6.07) is 28.5. The summed E-state index contributed by atoms with van der Waals surface area (Å²) >= 11 is 11.2. The van der Waals surface area contributed by atoms with Crippen LogP contribution in [-0.4, -0.2) is 17.1 Å². The van der Waals surface area contributed by atoms with Gasteiger partial charge in [0.15, 0.2) is 5.13 Å². The molecule has 0 spiro atoms. The Morgan fingerprint density at radius 3 is 2.60 bits per heavy atom. The predicted octanol–water partition coefficient (Wildman–Crippen LogP) is 8.62. The zero-order valence-corrected chi connectivity index (χ0v) is 24.6. The molecule has 0 saturated heterocycles. The van der Waals surface area contributed by atoms with Gasteiger partial charge in [-0.2, -0.15) is 5.10 Å². The fraction of sp³-hybridized carbons (Fsp3) is 0.0645. The number of anilines is 2. The van der Waals surface area contributed by atoms with Crippen molar-refractivity contribution in [2.45, 2.75) is 13.5 Å². The van der Waals surface area contributed by atoms with Gasteiger partial charge in [-0.3, -0.25) is 4.79 Å². The van der Waals surface area contributed by atoms with Crippen molar-refractivity contribution in [3.8, 4) is 17.0 Å². The summed E-state index contributed by atoms with van der Waals surface area (Å²) in [5.41, 5.74) is 8.60. The first-order chi connectivity index (χ1) is 19.4. The number of halogens is 2. The molecule has 5 rings (SSSR count). The van der Waals surface area contributed by atoms with Gasteiger partial charge in [-0.1, -0.05) is 75.6 Å². The summed E-state index contributed by atoms with van der Waals surface area (Å²) in [6.45, 7) is 2.36. The van der Waals surface area contributed by atoms with Gasteiger partial charge in [-0.15, -0.1) is 11.3 Å². The SMILES string of the molecule is Cc1ccc(Nc2nc(-c3ccc(C(=O)N/N=C\c4cc(Br)ccc4OCc4ccccc4Cl)cc3)cs2)cc1. The molecule has 5 aromatic rings. The Labute approximate surface area is 249 Å². The highest BCUT2D eigenvalue weighted by Gasteiger charge is 2.09. The average Bonchev–Trinajstić information content (AvgIpc) is 3.43. The molecule has 0 aliphatic rings. The van der Waals surface area contributed by atoms with E-state index < -0.39 is 0 Å². The number of hydrogen-bond donors (Lipinski definition) is 2. The molecule has 6 nitrogen and oxygen atoms in total. The number of amides is 1. The highest BCUT2D eigenvalue weighted by molar-refractivity contribution is 9.10. The van der Waals surface area contributed by atoms with Crippen molar-refractivity contribution in [2.24, 2.45) is 5.10 Å². The number of aromatic nitrogens is 1. The molecule has 0 atom stereocenters. The minimum Gasteiger partial charge on any atom is -0.488 e. The number of thiazole rings is 1. The third-order valence-corrected chi connectivity index (χ3v) is 7.55. The first-order valence-corrected chi connectivity index (χ1v) is 14.4. The smallest absolute Gasteiger partial charge is 0.271 e. The number of rotatable bonds is 9. The quantitative estimate of drug-likeness (QED) is 0.126. The maximum atomic E-state index is 12.7. The highest BCUT2D eigenvalue weighted by Crippen LogP contribution is 2.28. The number of ether oxygens (including phenoxy) is 1. The second-order valence-corrected chi connectivity index (χ2v) is 11.0. The standard InChI is InChI=1S/C31H24BrClN4O2S/c1-20-6-13-26(14-7-20)35-31-36-28(19-40-31)21-8-10-22(11-9-21)30(38)37-34-17-24-16-25(32)12-15-29(24)39-18-23-4-2-3-5-27(23)33/h2-17,19H,18H2,1H3,(H,35,36)(H,37,38)/b34-17-. The number of carbonyl (C=O) groups is 1. The van der Waals surface area contributed by atoms with Crippen LogP contribution in [0, 0.1) is 6.92 Å². The molecular weight excluding hydrogens is 608 g/mol. The minimum atomic E-state index is -0.323. The number of hydrogen-bond acceptors (Lipinski definition) is 6. The predicted molar refractivity (Wildman–Crippen MR) is 167 cm³/mol. The molecule has 4 aromatic carbocycles. The molecule has 1 aromatic heterocycles. The van der Waals surface area contributed by atoms with Crippen LogP contribution in [-0.2, 0) is 6.61 Å². The van der Waals surface area contributed by atoms with E-state index in [9.17, 15) is 4.79 Å². The monoisotopic (exact) mass is 630 g/mol. The maximum Gasteiger partial charge on any atom is 0.271 e. The van der Waals surface area contributed by atoms with Gasteiger partial charge in [0.2, 0.25) is 0 Å². The number of aryl methyl sites for hydroxylation is 1. The van der Waals surface area contributed by atoms with Crippen molar-refractivity contribution in [2.75, 3.05) is 5.32 Å². The van der Waals surface area contributed by atoms with Crippen molar-refractivity contribution in [3.05, 3.63) is 128 Å². The van der Waals surface area contributed by atoms with Crippen LogP contribution in [0.2, 0.25) is 5.02 Å². The van der Waals surface area contributed by atoms with Crippen molar-refractivity contribution >= 4 is 61.8 Å². The molecule has 0 radical (unpaired) electrons. The summed E-state index contributed by atoms with van der Waals surface area (Å²) in [5, 5.41) is 10.9. The lowest BCUT2D eigenvalue weighted by Gasteiger charge is -2.10. The van der Waals surface area contributed by atoms with Gasteiger partial charge in [0, 0.05) is 42.8 Å². The molecule has 2 N–H and O–H groups in total. The first kappa shape index (κ1) is 27.6. The van der Waals surface area contributed by atoms with E-state index in [1.165, 1.54) is 16.9 Å². The molecule has 0 bridgehead atoms. The Bertz CT molecular complexity index is 1650. The summed E-state index contributed by atoms with van der Waals surface area (Å²) in [4.78, 5) is 17.4. The van der Waals surface area contributed by atoms with Crippen LogP contribution in [0.5, 0.6) is 5.75 Å². The lowest BCUT2D eigenvalue weighted by molar-refractivity contribution is 0.0955. The minimum absolute atomic E-state index is 0.309. The van der Waals surface area contributed by atoms with E-state index in [2.05, 4.69) is 55.8 Å². The summed E-state index contributed by atoms with van der Waals surface area (Å²) < 4.78 is 6.84. The fourth-order valence-electron chi connectivity index (χ4n) is 3.76. The van der Waals surface area contributed by atoms with Gasteiger partial charge in [-0.25, -0.2) is 10.4 Å². The zero-order valence-electron chi connectivity index (χ0n) is 21.4. The largest absolute Gasteiger partial charge is 0.488 e. The number of carbonyl (C=O) groups excluding carboxylic acids is 1. The summed E-state index contributed by atoms with van der Waals surface area (Å²) in [5.74, 6) is 0.293. The molecule has 40 heavy (non-hydrogen) atoms. The lowest BCUT2D eigenvalue weighted by atomic mass is 10.1. The molecule has 1 heterocycles. The summed E-state index contributed by atoms with van der Waals surface area (Å²) in [7, 11) is 0. The Kier molecular flexibility index (Phi) is 8.91. The van der Waals surface area contributed by atoms with E-state index in [0.717, 1.165) is 32.1 Å². The third-order valence-electron chi connectivity index (χ3n) is 5.93. The van der Waals surface area contributed by atoms with Gasteiger partial charge >= 0.3 is 0 Å². The number of hydrazone groups is 1. The molecule has 0 unspecified atom stereocenters. The van der Waals surface area contributed by atoms with Crippen molar-refractivity contribution in [1.82, 2.24) is 10.4 Å². The van der Waals surface area contributed by atoms with Gasteiger partial charge in [0.25, 0.3) is 5.91 Å². The zero-order chi connectivity index (χ0) is 27.9. The second kappa shape index (κ2) is 12.9. The molecule has 1 amide bonds. The summed E-state index contributed by atoms with van der Waals surface area (Å²) in [6.07, 6.45) is 1.55. The van der Waals surface area contributed by atoms with Crippen LogP contribution in [0.4, 0.5) is 10.8 Å². The van der Waals surface area contributed by atoms with Gasteiger partial charge in [0.1, 0.15) is 12.4 Å². The number of nitrogens with zero attached hydrogens (tertiary/aromatic N) is 2. The van der Waals surface area contributed by atoms with E-state index in [0.29, 0.717) is 28.5 Å². The van der Waals surface area contributed by atoms with Crippen LogP contribution in [0.1, 0.15) is 27.0 Å². The van der Waals surface area contributed by atoms with Crippen molar-refractivity contribution < 1.29 is 9.53 Å². The number of benzene rings is 4. The first-order valence-electron chi connectivity index (χ1n) is 12.3. The van der Waals surface area contributed by atoms with Crippen LogP contribution in [0.15, 0.2) is 106 Å². The third kappa shape index (κ3) is 7.15. The van der Waals surface area contributed by atoms with Crippen LogP contribution in [0.25, 0.3) is 11.3 Å².